The number of hydrogen-bond donors (Lipinski definition) is 1. The number of carbonyl (C=O) groups excluding carboxylic acids is 2. The van der Waals surface area contributed by atoms with E-state index >= 15 is 0 Å². The maximum atomic E-state index is 12.9. The van der Waals surface area contributed by atoms with Gasteiger partial charge in [-0.05, 0) is 29.8 Å². The van der Waals surface area contributed by atoms with Crippen LogP contribution in [0.4, 0.5) is 5.69 Å². The van der Waals surface area contributed by atoms with E-state index in [2.05, 4.69) is 31.4 Å². The first-order chi connectivity index (χ1) is 12.5. The summed E-state index contributed by atoms with van der Waals surface area (Å²) in [6.07, 6.45) is 3.24. The fourth-order valence-electron chi connectivity index (χ4n) is 2.75. The minimum absolute atomic E-state index is 0.166. The molecule has 2 amide bonds. The van der Waals surface area contributed by atoms with Crippen LogP contribution < -0.4 is 5.32 Å². The lowest BCUT2D eigenvalue weighted by atomic mass is 10.2. The third-order valence-corrected chi connectivity index (χ3v) is 4.72. The van der Waals surface area contributed by atoms with Gasteiger partial charge in [0, 0.05) is 32.4 Å². The molecule has 1 fully saturated rings. The molecule has 9 nitrogen and oxygen atoms in total. The fraction of sp³-hybridized carbons (Fsp3) is 0.500. The van der Waals surface area contributed by atoms with Gasteiger partial charge in [0.1, 0.15) is 5.69 Å². The summed E-state index contributed by atoms with van der Waals surface area (Å²) in [5, 5.41) is 11.2. The number of nitrogens with zero attached hydrogens (tertiary/aromatic N) is 5. The highest BCUT2D eigenvalue weighted by molar-refractivity contribution is 9.10. The average molecular weight is 425 g/mol. The molecule has 26 heavy (non-hydrogen) atoms. The van der Waals surface area contributed by atoms with Crippen molar-refractivity contribution < 1.29 is 14.3 Å². The number of aromatic nitrogens is 4. The first-order valence-electron chi connectivity index (χ1n) is 8.52. The van der Waals surface area contributed by atoms with Gasteiger partial charge in [-0.2, -0.15) is 10.2 Å². The van der Waals surface area contributed by atoms with Crippen LogP contribution in [0.15, 0.2) is 16.9 Å². The van der Waals surface area contributed by atoms with Crippen molar-refractivity contribution in [2.45, 2.75) is 26.9 Å². The summed E-state index contributed by atoms with van der Waals surface area (Å²) in [6.45, 7) is 7.07. The summed E-state index contributed by atoms with van der Waals surface area (Å²) < 4.78 is 9.15. The van der Waals surface area contributed by atoms with E-state index in [1.54, 1.807) is 20.5 Å². The zero-order valence-corrected chi connectivity index (χ0v) is 16.3. The highest BCUT2D eigenvalue weighted by Crippen LogP contribution is 2.21. The lowest BCUT2D eigenvalue weighted by Gasteiger charge is -2.27. The largest absolute Gasteiger partial charge is 0.378 e. The van der Waals surface area contributed by atoms with Gasteiger partial charge < -0.3 is 15.0 Å². The standard InChI is InChI=1S/C16H21BrN6O3/c1-3-22-10-11(17)13(20-22)15(24)19-12-9-18-23(4-2)14(12)16(25)21-5-7-26-8-6-21/h9-10H,3-8H2,1-2H3,(H,19,24). The number of hydrogen-bond acceptors (Lipinski definition) is 5. The number of aryl methyl sites for hydroxylation is 2. The molecule has 140 valence electrons. The first-order valence-corrected chi connectivity index (χ1v) is 9.31. The molecule has 10 heteroatoms. The number of nitrogens with one attached hydrogen (secondary N) is 1. The van der Waals surface area contributed by atoms with Crippen molar-refractivity contribution in [3.63, 3.8) is 0 Å². The molecule has 0 aliphatic carbocycles. The Morgan fingerprint density at radius 3 is 2.62 bits per heavy atom. The van der Waals surface area contributed by atoms with Gasteiger partial charge in [-0.25, -0.2) is 0 Å². The summed E-state index contributed by atoms with van der Waals surface area (Å²) >= 11 is 3.35. The lowest BCUT2D eigenvalue weighted by Crippen LogP contribution is -2.41. The summed E-state index contributed by atoms with van der Waals surface area (Å²) in [5.74, 6) is -0.558. The molecule has 0 atom stereocenters. The molecule has 0 aromatic carbocycles. The Bertz CT molecular complexity index is 809. The molecule has 1 aliphatic rings. The molecule has 0 saturated carbocycles. The second-order valence-corrected chi connectivity index (χ2v) is 6.62. The molecular weight excluding hydrogens is 404 g/mol. The summed E-state index contributed by atoms with van der Waals surface area (Å²) in [4.78, 5) is 27.3. The van der Waals surface area contributed by atoms with E-state index in [-0.39, 0.29) is 11.6 Å². The number of anilines is 1. The van der Waals surface area contributed by atoms with Crippen molar-refractivity contribution in [3.8, 4) is 0 Å². The number of morpholine rings is 1. The van der Waals surface area contributed by atoms with E-state index in [0.717, 1.165) is 0 Å². The topological polar surface area (TPSA) is 94.3 Å². The van der Waals surface area contributed by atoms with Gasteiger partial charge in [0.15, 0.2) is 5.69 Å². The number of carbonyl (C=O) groups is 2. The van der Waals surface area contributed by atoms with Gasteiger partial charge in [-0.1, -0.05) is 0 Å². The van der Waals surface area contributed by atoms with Crippen molar-refractivity contribution in [1.82, 2.24) is 24.5 Å². The third kappa shape index (κ3) is 3.65. The molecular formula is C16H21BrN6O3. The molecule has 3 rings (SSSR count). The smallest absolute Gasteiger partial charge is 0.277 e. The number of rotatable bonds is 5. The Balaban J connectivity index is 1.85. The van der Waals surface area contributed by atoms with Crippen molar-refractivity contribution in [3.05, 3.63) is 28.3 Å². The van der Waals surface area contributed by atoms with Crippen LogP contribution in [0.5, 0.6) is 0 Å². The van der Waals surface area contributed by atoms with Gasteiger partial charge in [0.2, 0.25) is 0 Å². The van der Waals surface area contributed by atoms with E-state index in [9.17, 15) is 9.59 Å². The first kappa shape index (κ1) is 18.6. The Kier molecular flexibility index (Phi) is 5.72. The molecule has 0 radical (unpaired) electrons. The normalized spacial score (nSPS) is 14.5. The van der Waals surface area contributed by atoms with E-state index in [1.165, 1.54) is 6.20 Å². The molecule has 1 N–H and O–H groups in total. The summed E-state index contributed by atoms with van der Waals surface area (Å²) in [7, 11) is 0. The van der Waals surface area contributed by atoms with Crippen LogP contribution in [-0.4, -0.2) is 62.6 Å². The van der Waals surface area contributed by atoms with E-state index < -0.39 is 5.91 Å². The van der Waals surface area contributed by atoms with Crippen LogP contribution in [0.25, 0.3) is 0 Å². The zero-order chi connectivity index (χ0) is 18.7. The maximum absolute atomic E-state index is 12.9. The quantitative estimate of drug-likeness (QED) is 0.786. The van der Waals surface area contributed by atoms with Crippen molar-refractivity contribution >= 4 is 33.4 Å². The van der Waals surface area contributed by atoms with Crippen molar-refractivity contribution in [2.75, 3.05) is 31.6 Å². The number of amides is 2. The molecule has 0 unspecified atom stereocenters. The van der Waals surface area contributed by atoms with Crippen LogP contribution in [0, 0.1) is 0 Å². The second-order valence-electron chi connectivity index (χ2n) is 5.76. The van der Waals surface area contributed by atoms with Gasteiger partial charge in [0.25, 0.3) is 11.8 Å². The molecule has 2 aromatic heterocycles. The highest BCUT2D eigenvalue weighted by Gasteiger charge is 2.27. The van der Waals surface area contributed by atoms with Crippen LogP contribution in [0.3, 0.4) is 0 Å². The van der Waals surface area contributed by atoms with Crippen LogP contribution >= 0.6 is 15.9 Å². The van der Waals surface area contributed by atoms with Crippen LogP contribution in [0.1, 0.15) is 34.8 Å². The zero-order valence-electron chi connectivity index (χ0n) is 14.7. The SMILES string of the molecule is CCn1cc(Br)c(C(=O)Nc2cnn(CC)c2C(=O)N2CCOCC2)n1. The maximum Gasteiger partial charge on any atom is 0.277 e. The fourth-order valence-corrected chi connectivity index (χ4v) is 3.25. The molecule has 3 heterocycles. The monoisotopic (exact) mass is 424 g/mol. The van der Waals surface area contributed by atoms with Crippen molar-refractivity contribution in [2.24, 2.45) is 0 Å². The van der Waals surface area contributed by atoms with E-state index in [4.69, 9.17) is 4.74 Å². The number of halogens is 1. The Morgan fingerprint density at radius 2 is 2.00 bits per heavy atom. The van der Waals surface area contributed by atoms with E-state index in [1.807, 2.05) is 13.8 Å². The highest BCUT2D eigenvalue weighted by atomic mass is 79.9. The average Bonchev–Trinajstić information content (AvgIpc) is 3.24. The second kappa shape index (κ2) is 8.00. The van der Waals surface area contributed by atoms with E-state index in [0.29, 0.717) is 55.2 Å². The van der Waals surface area contributed by atoms with Gasteiger partial charge in [-0.3, -0.25) is 19.0 Å². The van der Waals surface area contributed by atoms with Crippen LogP contribution in [0.2, 0.25) is 0 Å². The van der Waals surface area contributed by atoms with Crippen LogP contribution in [-0.2, 0) is 17.8 Å². The minimum Gasteiger partial charge on any atom is -0.378 e. The predicted octanol–water partition coefficient (Wildman–Crippen LogP) is 1.61. The molecule has 1 saturated heterocycles. The molecule has 0 bridgehead atoms. The molecule has 1 aliphatic heterocycles. The lowest BCUT2D eigenvalue weighted by molar-refractivity contribution is 0.0295. The van der Waals surface area contributed by atoms with Gasteiger partial charge in [-0.15, -0.1) is 0 Å². The summed E-state index contributed by atoms with van der Waals surface area (Å²) in [6, 6.07) is 0. The molecule has 2 aromatic rings. The molecule has 0 spiro atoms. The Hall–Kier alpha value is -2.20. The van der Waals surface area contributed by atoms with Gasteiger partial charge >= 0.3 is 0 Å². The minimum atomic E-state index is -0.393. The van der Waals surface area contributed by atoms with Gasteiger partial charge in [0.05, 0.1) is 29.6 Å². The number of ether oxygens (including phenoxy) is 1. The Morgan fingerprint density at radius 1 is 1.27 bits per heavy atom. The predicted molar refractivity (Wildman–Crippen MR) is 98.2 cm³/mol. The third-order valence-electron chi connectivity index (χ3n) is 4.14. The van der Waals surface area contributed by atoms with Crippen molar-refractivity contribution in [1.29, 1.82) is 0 Å². The Labute approximate surface area is 159 Å². The summed E-state index contributed by atoms with van der Waals surface area (Å²) in [5.41, 5.74) is 1.01.